The van der Waals surface area contributed by atoms with Gasteiger partial charge in [0, 0.05) is 12.0 Å². The second-order valence-electron chi connectivity index (χ2n) is 6.38. The number of tetrazole rings is 1. The van der Waals surface area contributed by atoms with E-state index in [4.69, 9.17) is 4.42 Å². The van der Waals surface area contributed by atoms with Crippen LogP contribution in [-0.4, -0.2) is 37.1 Å². The fraction of sp³-hybridized carbons (Fsp3) is 0.600. The average molecular weight is 301 g/mol. The number of hydrogen-bond acceptors (Lipinski definition) is 5. The van der Waals surface area contributed by atoms with E-state index in [1.165, 1.54) is 17.4 Å². The number of rotatable bonds is 6. The molecule has 0 N–H and O–H groups in total. The van der Waals surface area contributed by atoms with E-state index in [1.807, 2.05) is 11.0 Å². The van der Waals surface area contributed by atoms with Gasteiger partial charge in [0.25, 0.3) is 0 Å². The van der Waals surface area contributed by atoms with Crippen LogP contribution in [0.3, 0.4) is 0 Å². The Labute approximate surface area is 128 Å². The zero-order valence-electron chi connectivity index (χ0n) is 12.6. The van der Waals surface area contributed by atoms with Crippen molar-refractivity contribution in [3.63, 3.8) is 0 Å². The first kappa shape index (κ1) is 13.5. The van der Waals surface area contributed by atoms with Gasteiger partial charge in [-0.2, -0.15) is 0 Å². The monoisotopic (exact) mass is 301 g/mol. The second-order valence-corrected chi connectivity index (χ2v) is 6.38. The van der Waals surface area contributed by atoms with Crippen molar-refractivity contribution in [3.05, 3.63) is 30.0 Å². The molecule has 7 heteroatoms. The van der Waals surface area contributed by atoms with E-state index >= 15 is 0 Å². The summed E-state index contributed by atoms with van der Waals surface area (Å²) in [6.45, 7) is 2.95. The van der Waals surface area contributed by atoms with Crippen LogP contribution < -0.4 is 0 Å². The summed E-state index contributed by atoms with van der Waals surface area (Å²) in [6.07, 6.45) is 4.79. The van der Waals surface area contributed by atoms with Gasteiger partial charge >= 0.3 is 0 Å². The summed E-state index contributed by atoms with van der Waals surface area (Å²) in [5.41, 5.74) is 0. The number of furan rings is 1. The molecule has 0 aliphatic heterocycles. The van der Waals surface area contributed by atoms with Gasteiger partial charge in [-0.3, -0.25) is 4.79 Å². The van der Waals surface area contributed by atoms with E-state index in [9.17, 15) is 4.79 Å². The third-order valence-corrected chi connectivity index (χ3v) is 4.48. The molecule has 2 aliphatic rings. The minimum absolute atomic E-state index is 0.0348. The molecule has 2 aromatic heterocycles. The molecule has 4 rings (SSSR count). The molecule has 2 heterocycles. The van der Waals surface area contributed by atoms with Gasteiger partial charge in [0.15, 0.2) is 0 Å². The predicted octanol–water partition coefficient (Wildman–Crippen LogP) is 1.58. The van der Waals surface area contributed by atoms with Crippen LogP contribution in [0.1, 0.15) is 43.6 Å². The summed E-state index contributed by atoms with van der Waals surface area (Å²) in [7, 11) is 0. The van der Waals surface area contributed by atoms with Crippen molar-refractivity contribution in [3.8, 4) is 0 Å². The van der Waals surface area contributed by atoms with E-state index in [-0.39, 0.29) is 12.5 Å². The Morgan fingerprint density at radius 2 is 2.27 bits per heavy atom. The van der Waals surface area contributed by atoms with Crippen LogP contribution in [0.4, 0.5) is 0 Å². The number of amides is 1. The van der Waals surface area contributed by atoms with E-state index < -0.39 is 0 Å². The number of carbonyl (C=O) groups excluding carboxylic acids is 1. The normalized spacial score (nSPS) is 23.5. The van der Waals surface area contributed by atoms with E-state index in [1.54, 1.807) is 0 Å². The Hall–Kier alpha value is -2.18. The van der Waals surface area contributed by atoms with Crippen molar-refractivity contribution in [2.24, 2.45) is 5.92 Å². The van der Waals surface area contributed by atoms with Gasteiger partial charge in [0.05, 0.1) is 6.54 Å². The summed E-state index contributed by atoms with van der Waals surface area (Å²) in [5.74, 6) is 3.25. The minimum Gasteiger partial charge on any atom is -0.464 e. The standard InChI is InChI=1S/C15H19N5O2/c1-10-6-13(10)14-5-4-12(22-14)7-20(11-2-3-11)15(21)8-19-9-16-17-18-19/h4-5,9-11,13H,2-3,6-8H2,1H3. The maximum atomic E-state index is 12.5. The molecule has 7 nitrogen and oxygen atoms in total. The molecule has 116 valence electrons. The van der Waals surface area contributed by atoms with Crippen LogP contribution in [0, 0.1) is 5.92 Å². The molecule has 0 spiro atoms. The van der Waals surface area contributed by atoms with Gasteiger partial charge in [0.2, 0.25) is 5.91 Å². The van der Waals surface area contributed by atoms with Gasteiger partial charge in [0.1, 0.15) is 24.4 Å². The van der Waals surface area contributed by atoms with Crippen molar-refractivity contribution >= 4 is 5.91 Å². The third kappa shape index (κ3) is 2.75. The summed E-state index contributed by atoms with van der Waals surface area (Å²) in [4.78, 5) is 14.4. The summed E-state index contributed by atoms with van der Waals surface area (Å²) in [6, 6.07) is 4.39. The molecule has 0 radical (unpaired) electrons. The van der Waals surface area contributed by atoms with Gasteiger partial charge in [-0.25, -0.2) is 4.68 Å². The molecule has 0 bridgehead atoms. The molecule has 1 amide bonds. The molecule has 0 saturated heterocycles. The lowest BCUT2D eigenvalue weighted by atomic mass is 10.3. The smallest absolute Gasteiger partial charge is 0.245 e. The molecule has 2 atom stereocenters. The maximum absolute atomic E-state index is 12.5. The van der Waals surface area contributed by atoms with Crippen LogP contribution in [0.5, 0.6) is 0 Å². The van der Waals surface area contributed by atoms with Crippen molar-refractivity contribution in [2.75, 3.05) is 0 Å². The van der Waals surface area contributed by atoms with Crippen LogP contribution >= 0.6 is 0 Å². The first-order chi connectivity index (χ1) is 10.7. The number of aromatic nitrogens is 4. The SMILES string of the molecule is CC1CC1c1ccc(CN(C(=O)Cn2cnnn2)C2CC2)o1. The molecule has 2 unspecified atom stereocenters. The average Bonchev–Trinajstić information content (AvgIpc) is 3.36. The Kier molecular flexibility index (Phi) is 3.20. The highest BCUT2D eigenvalue weighted by atomic mass is 16.3. The molecule has 22 heavy (non-hydrogen) atoms. The van der Waals surface area contributed by atoms with Crippen LogP contribution in [0.2, 0.25) is 0 Å². The zero-order chi connectivity index (χ0) is 15.1. The Morgan fingerprint density at radius 1 is 1.45 bits per heavy atom. The van der Waals surface area contributed by atoms with Crippen molar-refractivity contribution in [1.29, 1.82) is 0 Å². The Balaban J connectivity index is 1.43. The van der Waals surface area contributed by atoms with E-state index in [2.05, 4.69) is 28.5 Å². The summed E-state index contributed by atoms with van der Waals surface area (Å²) >= 11 is 0. The first-order valence-electron chi connectivity index (χ1n) is 7.79. The fourth-order valence-electron chi connectivity index (χ4n) is 2.85. The Bertz CT molecular complexity index is 661. The van der Waals surface area contributed by atoms with Crippen LogP contribution in [0.15, 0.2) is 22.9 Å². The van der Waals surface area contributed by atoms with Crippen LogP contribution in [-0.2, 0) is 17.9 Å². The van der Waals surface area contributed by atoms with E-state index in [0.717, 1.165) is 30.3 Å². The van der Waals surface area contributed by atoms with E-state index in [0.29, 0.717) is 18.5 Å². The molecule has 2 aromatic rings. The Morgan fingerprint density at radius 3 is 2.91 bits per heavy atom. The fourth-order valence-corrected chi connectivity index (χ4v) is 2.85. The highest BCUT2D eigenvalue weighted by molar-refractivity contribution is 5.76. The minimum atomic E-state index is 0.0348. The maximum Gasteiger partial charge on any atom is 0.245 e. The summed E-state index contributed by atoms with van der Waals surface area (Å²) < 4.78 is 7.39. The molecule has 2 aliphatic carbocycles. The highest BCUT2D eigenvalue weighted by Gasteiger charge is 2.37. The quantitative estimate of drug-likeness (QED) is 0.809. The van der Waals surface area contributed by atoms with Crippen molar-refractivity contribution < 1.29 is 9.21 Å². The van der Waals surface area contributed by atoms with Gasteiger partial charge in [-0.05, 0) is 47.7 Å². The summed E-state index contributed by atoms with van der Waals surface area (Å²) in [5, 5.41) is 10.9. The second kappa shape index (κ2) is 5.23. The van der Waals surface area contributed by atoms with Gasteiger partial charge in [-0.15, -0.1) is 5.10 Å². The van der Waals surface area contributed by atoms with Crippen molar-refractivity contribution in [2.45, 2.75) is 51.2 Å². The molecular formula is C15H19N5O2. The lowest BCUT2D eigenvalue weighted by Crippen LogP contribution is -2.35. The lowest BCUT2D eigenvalue weighted by molar-refractivity contribution is -0.133. The number of hydrogen-bond donors (Lipinski definition) is 0. The lowest BCUT2D eigenvalue weighted by Gasteiger charge is -2.21. The first-order valence-corrected chi connectivity index (χ1v) is 7.79. The van der Waals surface area contributed by atoms with Crippen LogP contribution in [0.25, 0.3) is 0 Å². The highest BCUT2D eigenvalue weighted by Crippen LogP contribution is 2.47. The predicted molar refractivity (Wildman–Crippen MR) is 76.6 cm³/mol. The molecular weight excluding hydrogens is 282 g/mol. The molecule has 2 saturated carbocycles. The van der Waals surface area contributed by atoms with Gasteiger partial charge in [-0.1, -0.05) is 6.92 Å². The third-order valence-electron chi connectivity index (χ3n) is 4.48. The van der Waals surface area contributed by atoms with Gasteiger partial charge < -0.3 is 9.32 Å². The zero-order valence-corrected chi connectivity index (χ0v) is 12.6. The number of nitrogens with zero attached hydrogens (tertiary/aromatic N) is 5. The molecule has 2 fully saturated rings. The topological polar surface area (TPSA) is 77.1 Å². The largest absolute Gasteiger partial charge is 0.464 e. The molecule has 0 aromatic carbocycles. The number of carbonyl (C=O) groups is 1. The van der Waals surface area contributed by atoms with Crippen molar-refractivity contribution in [1.82, 2.24) is 25.1 Å².